The minimum absolute atomic E-state index is 0.128. The number of esters is 1. The van der Waals surface area contributed by atoms with Gasteiger partial charge < -0.3 is 15.0 Å². The Morgan fingerprint density at radius 3 is 2.65 bits per heavy atom. The summed E-state index contributed by atoms with van der Waals surface area (Å²) >= 11 is 1.23. The highest BCUT2D eigenvalue weighted by molar-refractivity contribution is 7.18. The molecule has 0 radical (unpaired) electrons. The lowest BCUT2D eigenvalue weighted by Gasteiger charge is -2.15. The number of rotatable bonds is 6. The number of amides is 2. The van der Waals surface area contributed by atoms with E-state index < -0.39 is 0 Å². The van der Waals surface area contributed by atoms with Gasteiger partial charge in [-0.25, -0.2) is 0 Å². The Morgan fingerprint density at radius 2 is 2.05 bits per heavy atom. The average molecular weight is 298 g/mol. The first-order chi connectivity index (χ1) is 9.43. The molecule has 0 atom stereocenters. The minimum atomic E-state index is -0.282. The fraction of sp³-hybridized carbons (Fsp3) is 0.462. The first-order valence-electron chi connectivity index (χ1n) is 6.13. The molecule has 0 aliphatic carbocycles. The van der Waals surface area contributed by atoms with Crippen LogP contribution in [0.5, 0.6) is 0 Å². The van der Waals surface area contributed by atoms with Crippen LogP contribution in [0.15, 0.2) is 12.1 Å². The molecule has 1 aromatic rings. The highest BCUT2D eigenvalue weighted by Crippen LogP contribution is 2.23. The lowest BCUT2D eigenvalue weighted by atomic mass is 10.3. The van der Waals surface area contributed by atoms with E-state index in [1.165, 1.54) is 25.4 Å². The predicted molar refractivity (Wildman–Crippen MR) is 76.8 cm³/mol. The smallest absolute Gasteiger partial charge is 0.305 e. The first kappa shape index (κ1) is 16.2. The van der Waals surface area contributed by atoms with Crippen molar-refractivity contribution in [2.24, 2.45) is 0 Å². The van der Waals surface area contributed by atoms with Crippen LogP contribution in [0.2, 0.25) is 0 Å². The van der Waals surface area contributed by atoms with Crippen molar-refractivity contribution in [3.05, 3.63) is 17.0 Å². The molecular formula is C13H18N2O4S. The molecule has 0 aromatic carbocycles. The molecule has 0 aliphatic heterocycles. The molecular weight excluding hydrogens is 280 g/mol. The molecule has 0 bridgehead atoms. The number of anilines is 1. The SMILES string of the molecule is COC(=O)CCCN(C)C(=O)c1ccc(NC(C)=O)s1. The highest BCUT2D eigenvalue weighted by atomic mass is 32.1. The maximum atomic E-state index is 12.1. The van der Waals surface area contributed by atoms with Gasteiger partial charge in [-0.2, -0.15) is 0 Å². The number of hydrogen-bond donors (Lipinski definition) is 1. The topological polar surface area (TPSA) is 75.7 Å². The van der Waals surface area contributed by atoms with Crippen LogP contribution in [-0.2, 0) is 14.3 Å². The Bertz CT molecular complexity index is 498. The fourth-order valence-electron chi connectivity index (χ4n) is 1.55. The van der Waals surface area contributed by atoms with E-state index >= 15 is 0 Å². The number of methoxy groups -OCH3 is 1. The van der Waals surface area contributed by atoms with Gasteiger partial charge in [0.1, 0.15) is 0 Å². The van der Waals surface area contributed by atoms with Gasteiger partial charge in [0.2, 0.25) is 5.91 Å². The third-order valence-electron chi connectivity index (χ3n) is 2.56. The summed E-state index contributed by atoms with van der Waals surface area (Å²) in [5.74, 6) is -0.580. The monoisotopic (exact) mass is 298 g/mol. The Hall–Kier alpha value is -1.89. The summed E-state index contributed by atoms with van der Waals surface area (Å²) in [5, 5.41) is 3.27. The van der Waals surface area contributed by atoms with Crippen LogP contribution in [0.3, 0.4) is 0 Å². The molecule has 2 amide bonds. The molecule has 0 fully saturated rings. The van der Waals surface area contributed by atoms with Crippen LogP contribution in [0, 0.1) is 0 Å². The maximum absolute atomic E-state index is 12.1. The standard InChI is InChI=1S/C13H18N2O4S/c1-9(16)14-11-7-6-10(20-11)13(18)15(2)8-4-5-12(17)19-3/h6-7H,4-5,8H2,1-3H3,(H,14,16). The Balaban J connectivity index is 2.49. The van der Waals surface area contributed by atoms with E-state index in [1.54, 1.807) is 24.1 Å². The Morgan fingerprint density at radius 1 is 1.35 bits per heavy atom. The molecule has 0 saturated heterocycles. The molecule has 110 valence electrons. The molecule has 20 heavy (non-hydrogen) atoms. The van der Waals surface area contributed by atoms with Crippen LogP contribution in [0.25, 0.3) is 0 Å². The Kier molecular flexibility index (Phi) is 6.17. The lowest BCUT2D eigenvalue weighted by molar-refractivity contribution is -0.140. The molecule has 7 heteroatoms. The quantitative estimate of drug-likeness (QED) is 0.812. The molecule has 0 spiro atoms. The third kappa shape index (κ3) is 5.00. The van der Waals surface area contributed by atoms with Gasteiger partial charge in [-0.1, -0.05) is 0 Å². The van der Waals surface area contributed by atoms with Crippen molar-refractivity contribution in [2.45, 2.75) is 19.8 Å². The van der Waals surface area contributed by atoms with E-state index in [9.17, 15) is 14.4 Å². The summed E-state index contributed by atoms with van der Waals surface area (Å²) in [5.41, 5.74) is 0. The van der Waals surface area contributed by atoms with Gasteiger partial charge in [-0.3, -0.25) is 14.4 Å². The summed E-state index contributed by atoms with van der Waals surface area (Å²) in [7, 11) is 3.02. The van der Waals surface area contributed by atoms with E-state index in [1.807, 2.05) is 0 Å². The molecule has 1 heterocycles. The van der Waals surface area contributed by atoms with E-state index in [0.717, 1.165) is 0 Å². The van der Waals surface area contributed by atoms with Crippen LogP contribution in [0.1, 0.15) is 29.4 Å². The summed E-state index contributed by atoms with van der Waals surface area (Å²) in [4.78, 5) is 36.1. The molecule has 0 unspecified atom stereocenters. The zero-order valence-electron chi connectivity index (χ0n) is 11.8. The summed E-state index contributed by atoms with van der Waals surface area (Å²) in [6, 6.07) is 3.37. The van der Waals surface area contributed by atoms with Crippen molar-refractivity contribution in [3.63, 3.8) is 0 Å². The van der Waals surface area contributed by atoms with Crippen molar-refractivity contribution < 1.29 is 19.1 Å². The van der Waals surface area contributed by atoms with E-state index in [-0.39, 0.29) is 24.2 Å². The first-order valence-corrected chi connectivity index (χ1v) is 6.95. The molecule has 1 N–H and O–H groups in total. The van der Waals surface area contributed by atoms with Crippen molar-refractivity contribution in [3.8, 4) is 0 Å². The van der Waals surface area contributed by atoms with Crippen LogP contribution in [0.4, 0.5) is 5.00 Å². The largest absolute Gasteiger partial charge is 0.469 e. The van der Waals surface area contributed by atoms with Gasteiger partial charge in [0, 0.05) is 26.9 Å². The third-order valence-corrected chi connectivity index (χ3v) is 3.55. The number of ether oxygens (including phenoxy) is 1. The van der Waals surface area contributed by atoms with E-state index in [0.29, 0.717) is 22.8 Å². The second-order valence-corrected chi connectivity index (χ2v) is 5.34. The summed E-state index contributed by atoms with van der Waals surface area (Å²) in [6.45, 7) is 1.89. The summed E-state index contributed by atoms with van der Waals surface area (Å²) in [6.07, 6.45) is 0.842. The fourth-order valence-corrected chi connectivity index (χ4v) is 2.49. The van der Waals surface area contributed by atoms with Gasteiger partial charge in [-0.15, -0.1) is 11.3 Å². The van der Waals surface area contributed by atoms with Crippen molar-refractivity contribution in [1.29, 1.82) is 0 Å². The zero-order chi connectivity index (χ0) is 15.1. The van der Waals surface area contributed by atoms with Crippen LogP contribution in [-0.4, -0.2) is 43.4 Å². The number of carbonyl (C=O) groups is 3. The molecule has 1 aromatic heterocycles. The van der Waals surface area contributed by atoms with Gasteiger partial charge in [0.25, 0.3) is 5.91 Å². The molecule has 0 saturated carbocycles. The number of nitrogens with zero attached hydrogens (tertiary/aromatic N) is 1. The van der Waals surface area contributed by atoms with Crippen molar-refractivity contribution in [2.75, 3.05) is 26.0 Å². The van der Waals surface area contributed by atoms with E-state index in [2.05, 4.69) is 10.1 Å². The highest BCUT2D eigenvalue weighted by Gasteiger charge is 2.14. The second kappa shape index (κ2) is 7.64. The molecule has 0 aliphatic rings. The number of nitrogens with one attached hydrogen (secondary N) is 1. The number of thiophene rings is 1. The normalized spacial score (nSPS) is 9.95. The average Bonchev–Trinajstić information content (AvgIpc) is 2.84. The van der Waals surface area contributed by atoms with Gasteiger partial charge in [0.15, 0.2) is 0 Å². The number of hydrogen-bond acceptors (Lipinski definition) is 5. The maximum Gasteiger partial charge on any atom is 0.305 e. The van der Waals surface area contributed by atoms with Crippen LogP contribution < -0.4 is 5.32 Å². The number of carbonyl (C=O) groups excluding carboxylic acids is 3. The van der Waals surface area contributed by atoms with Gasteiger partial charge in [-0.05, 0) is 18.6 Å². The van der Waals surface area contributed by atoms with Crippen LogP contribution >= 0.6 is 11.3 Å². The van der Waals surface area contributed by atoms with Crippen molar-refractivity contribution in [1.82, 2.24) is 4.90 Å². The predicted octanol–water partition coefficient (Wildman–Crippen LogP) is 1.73. The van der Waals surface area contributed by atoms with Gasteiger partial charge >= 0.3 is 5.97 Å². The lowest BCUT2D eigenvalue weighted by Crippen LogP contribution is -2.27. The molecule has 6 nitrogen and oxygen atoms in total. The minimum Gasteiger partial charge on any atom is -0.469 e. The Labute approximate surface area is 121 Å². The second-order valence-electron chi connectivity index (χ2n) is 4.25. The molecule has 1 rings (SSSR count). The zero-order valence-corrected chi connectivity index (χ0v) is 12.6. The summed E-state index contributed by atoms with van der Waals surface area (Å²) < 4.78 is 4.54. The van der Waals surface area contributed by atoms with Gasteiger partial charge in [0.05, 0.1) is 17.0 Å². The van der Waals surface area contributed by atoms with Crippen molar-refractivity contribution >= 4 is 34.1 Å². The van der Waals surface area contributed by atoms with E-state index in [4.69, 9.17) is 0 Å².